The first kappa shape index (κ1) is 22.5. The third-order valence-corrected chi connectivity index (χ3v) is 6.52. The van der Waals surface area contributed by atoms with Gasteiger partial charge in [-0.3, -0.25) is 9.80 Å². The van der Waals surface area contributed by atoms with Crippen molar-refractivity contribution in [2.75, 3.05) is 39.3 Å². The van der Waals surface area contributed by atoms with Crippen LogP contribution in [0.4, 0.5) is 0 Å². The van der Waals surface area contributed by atoms with Gasteiger partial charge in [-0.25, -0.2) is 4.98 Å². The summed E-state index contributed by atoms with van der Waals surface area (Å²) in [4.78, 5) is 9.23. The van der Waals surface area contributed by atoms with Crippen molar-refractivity contribution in [2.45, 2.75) is 12.1 Å². The normalized spacial score (nSPS) is 16.1. The highest BCUT2D eigenvalue weighted by Gasteiger charge is 2.27. The number of benzene rings is 3. The Kier molecular flexibility index (Phi) is 7.15. The molecule has 0 saturated carbocycles. The Labute approximate surface area is 201 Å². The van der Waals surface area contributed by atoms with Crippen LogP contribution in [0.25, 0.3) is 10.8 Å². The number of rotatable bonds is 8. The van der Waals surface area contributed by atoms with Gasteiger partial charge in [0.25, 0.3) is 0 Å². The highest BCUT2D eigenvalue weighted by atomic mass is 16.5. The Morgan fingerprint density at radius 1 is 0.765 bits per heavy atom. The molecule has 4 aromatic rings. The molecule has 0 aliphatic carbocycles. The van der Waals surface area contributed by atoms with Crippen molar-refractivity contribution in [3.63, 3.8) is 0 Å². The fourth-order valence-electron chi connectivity index (χ4n) is 4.82. The average molecular weight is 454 g/mol. The molecule has 34 heavy (non-hydrogen) atoms. The van der Waals surface area contributed by atoms with Crippen LogP contribution in [0.15, 0.2) is 97.2 Å². The van der Waals surface area contributed by atoms with Crippen molar-refractivity contribution in [1.82, 2.24) is 14.8 Å². The van der Waals surface area contributed by atoms with Crippen LogP contribution in [0.1, 0.15) is 17.2 Å². The molecule has 0 amide bonds. The van der Waals surface area contributed by atoms with Crippen molar-refractivity contribution in [3.05, 3.63) is 108 Å². The van der Waals surface area contributed by atoms with E-state index in [2.05, 4.69) is 75.4 Å². The number of piperazine rings is 1. The van der Waals surface area contributed by atoms with E-state index in [0.717, 1.165) is 37.0 Å². The summed E-state index contributed by atoms with van der Waals surface area (Å²) in [6.07, 6.45) is 1.19. The molecule has 174 valence electrons. The number of aliphatic hydroxyl groups excluding tert-OH is 1. The minimum Gasteiger partial charge on any atom is -0.474 e. The van der Waals surface area contributed by atoms with E-state index in [1.165, 1.54) is 11.1 Å². The molecule has 1 saturated heterocycles. The molecule has 0 bridgehead atoms. The van der Waals surface area contributed by atoms with Crippen LogP contribution in [0.3, 0.4) is 0 Å². The molecule has 1 unspecified atom stereocenters. The second-order valence-electron chi connectivity index (χ2n) is 8.86. The number of hydrogen-bond donors (Lipinski definition) is 1. The molecular weight excluding hydrogens is 422 g/mol. The van der Waals surface area contributed by atoms with E-state index in [4.69, 9.17) is 4.74 Å². The molecule has 1 N–H and O–H groups in total. The number of β-amino-alcohol motifs (C(OH)–C–C–N with tert-alkyl or cyclic N) is 1. The Morgan fingerprint density at radius 2 is 1.38 bits per heavy atom. The zero-order valence-corrected chi connectivity index (χ0v) is 19.3. The Hall–Kier alpha value is -3.25. The van der Waals surface area contributed by atoms with Gasteiger partial charge in [0.15, 0.2) is 0 Å². The van der Waals surface area contributed by atoms with Crippen LogP contribution in [-0.2, 0) is 0 Å². The summed E-state index contributed by atoms with van der Waals surface area (Å²) < 4.78 is 5.90. The Morgan fingerprint density at radius 3 is 2.06 bits per heavy atom. The lowest BCUT2D eigenvalue weighted by atomic mass is 9.96. The maximum Gasteiger partial charge on any atom is 0.221 e. The van der Waals surface area contributed by atoms with E-state index < -0.39 is 6.10 Å². The third kappa shape index (κ3) is 5.28. The van der Waals surface area contributed by atoms with Gasteiger partial charge < -0.3 is 9.84 Å². The summed E-state index contributed by atoms with van der Waals surface area (Å²) in [6, 6.07) is 31.7. The van der Waals surface area contributed by atoms with Crippen LogP contribution in [-0.4, -0.2) is 65.3 Å². The van der Waals surface area contributed by atoms with Gasteiger partial charge in [-0.1, -0.05) is 78.9 Å². The van der Waals surface area contributed by atoms with Crippen LogP contribution < -0.4 is 4.74 Å². The minimum absolute atomic E-state index is 0.234. The predicted octanol–water partition coefficient (Wildman–Crippen LogP) is 4.38. The molecule has 1 fully saturated rings. The number of nitrogens with zero attached hydrogens (tertiary/aromatic N) is 3. The van der Waals surface area contributed by atoms with Crippen molar-refractivity contribution in [2.24, 2.45) is 0 Å². The van der Waals surface area contributed by atoms with Gasteiger partial charge in [0.1, 0.15) is 12.7 Å². The lowest BCUT2D eigenvalue weighted by molar-refractivity contribution is 0.0395. The van der Waals surface area contributed by atoms with Crippen molar-refractivity contribution in [1.29, 1.82) is 0 Å². The maximum absolute atomic E-state index is 10.7. The number of pyridine rings is 1. The maximum atomic E-state index is 10.7. The highest BCUT2D eigenvalue weighted by molar-refractivity contribution is 5.86. The second kappa shape index (κ2) is 10.8. The molecule has 3 aromatic carbocycles. The third-order valence-electron chi connectivity index (χ3n) is 6.52. The smallest absolute Gasteiger partial charge is 0.221 e. The summed E-state index contributed by atoms with van der Waals surface area (Å²) in [7, 11) is 0. The first-order valence-electron chi connectivity index (χ1n) is 12.0. The molecule has 2 heterocycles. The standard InChI is InChI=1S/C29H31N3O2/c33-26(22-34-29-27-14-8-7-9-23(27)15-16-30-29)21-31-17-19-32(20-18-31)28(24-10-3-1-4-11-24)25-12-5-2-6-13-25/h1-16,26,28,33H,17-22H2. The van der Waals surface area contributed by atoms with E-state index in [1.807, 2.05) is 30.3 Å². The molecule has 1 aliphatic rings. The first-order valence-corrected chi connectivity index (χ1v) is 12.0. The minimum atomic E-state index is -0.564. The number of aliphatic hydroxyl groups is 1. The van der Waals surface area contributed by atoms with Crippen molar-refractivity contribution in [3.8, 4) is 5.88 Å². The molecule has 1 aromatic heterocycles. The molecule has 0 spiro atoms. The van der Waals surface area contributed by atoms with Gasteiger partial charge in [-0.15, -0.1) is 0 Å². The summed E-state index contributed by atoms with van der Waals surface area (Å²) in [5.74, 6) is 0.579. The monoisotopic (exact) mass is 453 g/mol. The number of ether oxygens (including phenoxy) is 1. The predicted molar refractivity (Wildman–Crippen MR) is 136 cm³/mol. The van der Waals surface area contributed by atoms with E-state index >= 15 is 0 Å². The van der Waals surface area contributed by atoms with Crippen LogP contribution in [0.2, 0.25) is 0 Å². The average Bonchev–Trinajstić information content (AvgIpc) is 2.90. The number of hydrogen-bond acceptors (Lipinski definition) is 5. The summed E-state index contributed by atoms with van der Waals surface area (Å²) in [5.41, 5.74) is 2.64. The van der Waals surface area contributed by atoms with Crippen LogP contribution in [0, 0.1) is 0 Å². The molecule has 5 heteroatoms. The Balaban J connectivity index is 1.17. The van der Waals surface area contributed by atoms with Crippen LogP contribution >= 0.6 is 0 Å². The summed E-state index contributed by atoms with van der Waals surface area (Å²) >= 11 is 0. The topological polar surface area (TPSA) is 48.8 Å². The number of aromatic nitrogens is 1. The quantitative estimate of drug-likeness (QED) is 0.429. The van der Waals surface area contributed by atoms with Gasteiger partial charge in [0.2, 0.25) is 5.88 Å². The van der Waals surface area contributed by atoms with Crippen molar-refractivity contribution < 1.29 is 9.84 Å². The summed E-state index contributed by atoms with van der Waals surface area (Å²) in [5, 5.41) is 12.7. The number of fused-ring (bicyclic) bond motifs is 1. The fraction of sp³-hybridized carbons (Fsp3) is 0.276. The second-order valence-corrected chi connectivity index (χ2v) is 8.86. The summed E-state index contributed by atoms with van der Waals surface area (Å²) in [6.45, 7) is 4.57. The largest absolute Gasteiger partial charge is 0.474 e. The van der Waals surface area contributed by atoms with Gasteiger partial charge in [0, 0.05) is 44.3 Å². The molecule has 5 rings (SSSR count). The lowest BCUT2D eigenvalue weighted by Crippen LogP contribution is -2.50. The lowest BCUT2D eigenvalue weighted by Gasteiger charge is -2.40. The van der Waals surface area contributed by atoms with Gasteiger partial charge >= 0.3 is 0 Å². The zero-order chi connectivity index (χ0) is 23.2. The van der Waals surface area contributed by atoms with E-state index in [0.29, 0.717) is 12.4 Å². The first-order chi connectivity index (χ1) is 16.8. The Bertz CT molecular complexity index is 1130. The molecular formula is C29H31N3O2. The van der Waals surface area contributed by atoms with E-state index in [-0.39, 0.29) is 12.6 Å². The van der Waals surface area contributed by atoms with Gasteiger partial charge in [-0.05, 0) is 28.6 Å². The molecule has 1 atom stereocenters. The zero-order valence-electron chi connectivity index (χ0n) is 19.3. The molecule has 1 aliphatic heterocycles. The van der Waals surface area contributed by atoms with Crippen molar-refractivity contribution >= 4 is 10.8 Å². The van der Waals surface area contributed by atoms with Gasteiger partial charge in [-0.2, -0.15) is 0 Å². The van der Waals surface area contributed by atoms with Gasteiger partial charge in [0.05, 0.1) is 6.04 Å². The highest BCUT2D eigenvalue weighted by Crippen LogP contribution is 2.29. The van der Waals surface area contributed by atoms with Crippen LogP contribution in [0.5, 0.6) is 5.88 Å². The molecule has 0 radical (unpaired) electrons. The van der Waals surface area contributed by atoms with E-state index in [9.17, 15) is 5.11 Å². The fourth-order valence-corrected chi connectivity index (χ4v) is 4.82. The molecule has 5 nitrogen and oxygen atoms in total. The van der Waals surface area contributed by atoms with E-state index in [1.54, 1.807) is 6.20 Å². The SMILES string of the molecule is OC(COc1nccc2ccccc12)CN1CCN(C(c2ccccc2)c2ccccc2)CC1.